The van der Waals surface area contributed by atoms with Crippen molar-refractivity contribution in [3.63, 3.8) is 0 Å². The molecule has 18 heavy (non-hydrogen) atoms. The van der Waals surface area contributed by atoms with Crippen LogP contribution in [0.5, 0.6) is 0 Å². The van der Waals surface area contributed by atoms with Crippen molar-refractivity contribution in [1.82, 2.24) is 5.32 Å². The molecular weight excluding hydrogens is 229 g/mol. The van der Waals surface area contributed by atoms with Crippen LogP contribution in [0, 0.1) is 11.7 Å². The fraction of sp³-hybridized carbons (Fsp3) is 0.600. The Hall–Kier alpha value is -0.930. The van der Waals surface area contributed by atoms with Crippen molar-refractivity contribution in [2.75, 3.05) is 6.54 Å². The molecule has 100 valence electrons. The number of nitrogens with one attached hydrogen (secondary N) is 1. The zero-order valence-electron chi connectivity index (χ0n) is 10.9. The summed E-state index contributed by atoms with van der Waals surface area (Å²) in [6.45, 7) is 2.69. The van der Waals surface area contributed by atoms with Crippen LogP contribution in [0.15, 0.2) is 24.3 Å². The first-order valence-corrected chi connectivity index (χ1v) is 6.82. The number of aliphatic hydroxyl groups excluding tert-OH is 1. The maximum absolute atomic E-state index is 13.5. The van der Waals surface area contributed by atoms with Crippen molar-refractivity contribution in [1.29, 1.82) is 0 Å². The minimum Gasteiger partial charge on any atom is -0.387 e. The Morgan fingerprint density at radius 3 is 2.89 bits per heavy atom. The molecule has 0 amide bonds. The number of rotatable bonds is 4. The smallest absolute Gasteiger partial charge is 0.129 e. The van der Waals surface area contributed by atoms with Crippen molar-refractivity contribution in [3.05, 3.63) is 35.6 Å². The van der Waals surface area contributed by atoms with Crippen LogP contribution >= 0.6 is 0 Å². The van der Waals surface area contributed by atoms with Crippen molar-refractivity contribution >= 4 is 0 Å². The summed E-state index contributed by atoms with van der Waals surface area (Å²) in [4.78, 5) is 0. The Balaban J connectivity index is 1.84. The summed E-state index contributed by atoms with van der Waals surface area (Å²) < 4.78 is 13.5. The van der Waals surface area contributed by atoms with E-state index in [1.807, 2.05) is 0 Å². The molecule has 1 aliphatic carbocycles. The predicted octanol–water partition coefficient (Wildman–Crippen LogP) is 3.03. The van der Waals surface area contributed by atoms with Crippen LogP contribution in [-0.4, -0.2) is 17.7 Å². The van der Waals surface area contributed by atoms with Gasteiger partial charge < -0.3 is 10.4 Å². The lowest BCUT2D eigenvalue weighted by molar-refractivity contribution is 0.158. The van der Waals surface area contributed by atoms with Gasteiger partial charge in [0.25, 0.3) is 0 Å². The molecule has 1 fully saturated rings. The number of benzene rings is 1. The Kier molecular flexibility index (Phi) is 4.72. The maximum atomic E-state index is 13.5. The highest BCUT2D eigenvalue weighted by molar-refractivity contribution is 5.20. The highest BCUT2D eigenvalue weighted by Crippen LogP contribution is 2.24. The van der Waals surface area contributed by atoms with Crippen LogP contribution in [0.2, 0.25) is 0 Å². The van der Waals surface area contributed by atoms with E-state index in [-0.39, 0.29) is 5.82 Å². The monoisotopic (exact) mass is 251 g/mol. The summed E-state index contributed by atoms with van der Waals surface area (Å²) >= 11 is 0. The van der Waals surface area contributed by atoms with Gasteiger partial charge in [-0.25, -0.2) is 4.39 Å². The molecular formula is C15H22FNO. The second-order valence-electron chi connectivity index (χ2n) is 5.41. The van der Waals surface area contributed by atoms with E-state index in [1.54, 1.807) is 18.2 Å². The third-order valence-electron chi connectivity index (χ3n) is 3.80. The molecule has 1 saturated carbocycles. The topological polar surface area (TPSA) is 32.3 Å². The third-order valence-corrected chi connectivity index (χ3v) is 3.80. The molecule has 2 nitrogen and oxygen atoms in total. The molecule has 2 rings (SSSR count). The molecule has 1 aliphatic rings. The second-order valence-corrected chi connectivity index (χ2v) is 5.41. The predicted molar refractivity (Wildman–Crippen MR) is 70.8 cm³/mol. The van der Waals surface area contributed by atoms with Gasteiger partial charge in [0.2, 0.25) is 0 Å². The van der Waals surface area contributed by atoms with Crippen LogP contribution in [-0.2, 0) is 0 Å². The molecule has 3 atom stereocenters. The quantitative estimate of drug-likeness (QED) is 0.862. The molecule has 1 aromatic carbocycles. The highest BCUT2D eigenvalue weighted by atomic mass is 19.1. The zero-order valence-corrected chi connectivity index (χ0v) is 10.9. The van der Waals surface area contributed by atoms with Gasteiger partial charge in [0, 0.05) is 18.2 Å². The first kappa shape index (κ1) is 13.5. The van der Waals surface area contributed by atoms with E-state index in [4.69, 9.17) is 0 Å². The number of aliphatic hydroxyl groups is 1. The van der Waals surface area contributed by atoms with Gasteiger partial charge in [-0.3, -0.25) is 0 Å². The van der Waals surface area contributed by atoms with Crippen LogP contribution in [0.1, 0.15) is 44.3 Å². The molecule has 0 radical (unpaired) electrons. The fourth-order valence-electron chi connectivity index (χ4n) is 2.75. The van der Waals surface area contributed by atoms with E-state index in [1.165, 1.54) is 18.9 Å². The lowest BCUT2D eigenvalue weighted by atomic mass is 9.87. The van der Waals surface area contributed by atoms with Gasteiger partial charge >= 0.3 is 0 Å². The first-order chi connectivity index (χ1) is 8.66. The Morgan fingerprint density at radius 2 is 2.17 bits per heavy atom. The first-order valence-electron chi connectivity index (χ1n) is 6.82. The highest BCUT2D eigenvalue weighted by Gasteiger charge is 2.20. The molecule has 0 heterocycles. The minimum atomic E-state index is -0.761. The molecule has 0 aliphatic heterocycles. The average molecular weight is 251 g/mol. The van der Waals surface area contributed by atoms with Crippen molar-refractivity contribution in [2.24, 2.45) is 5.92 Å². The van der Waals surface area contributed by atoms with Crippen LogP contribution in [0.3, 0.4) is 0 Å². The molecule has 0 saturated heterocycles. The summed E-state index contributed by atoms with van der Waals surface area (Å²) in [5.41, 5.74) is 0.383. The van der Waals surface area contributed by atoms with E-state index in [2.05, 4.69) is 12.2 Å². The molecule has 3 unspecified atom stereocenters. The molecule has 2 N–H and O–H groups in total. The van der Waals surface area contributed by atoms with Gasteiger partial charge in [0.1, 0.15) is 5.82 Å². The van der Waals surface area contributed by atoms with Crippen LogP contribution in [0.4, 0.5) is 4.39 Å². The summed E-state index contributed by atoms with van der Waals surface area (Å²) in [5, 5.41) is 13.4. The van der Waals surface area contributed by atoms with Gasteiger partial charge in [0.15, 0.2) is 0 Å². The number of hydrogen-bond donors (Lipinski definition) is 2. The van der Waals surface area contributed by atoms with E-state index in [9.17, 15) is 9.50 Å². The van der Waals surface area contributed by atoms with Gasteiger partial charge in [-0.05, 0) is 24.8 Å². The normalized spacial score (nSPS) is 25.9. The number of halogens is 1. The van der Waals surface area contributed by atoms with Crippen LogP contribution < -0.4 is 5.32 Å². The van der Waals surface area contributed by atoms with E-state index in [0.29, 0.717) is 18.2 Å². The summed E-state index contributed by atoms with van der Waals surface area (Å²) in [5.74, 6) is 0.422. The Morgan fingerprint density at radius 1 is 1.39 bits per heavy atom. The second kappa shape index (κ2) is 6.30. The van der Waals surface area contributed by atoms with Crippen molar-refractivity contribution < 1.29 is 9.50 Å². The Labute approximate surface area is 108 Å². The van der Waals surface area contributed by atoms with Gasteiger partial charge in [0.05, 0.1) is 6.10 Å². The largest absolute Gasteiger partial charge is 0.387 e. The third kappa shape index (κ3) is 3.53. The molecule has 0 spiro atoms. The van der Waals surface area contributed by atoms with Gasteiger partial charge in [-0.1, -0.05) is 38.0 Å². The SMILES string of the molecule is CC1CCCC(NCC(O)c2ccccc2F)C1. The van der Waals surface area contributed by atoms with Crippen molar-refractivity contribution in [2.45, 2.75) is 44.8 Å². The molecule has 1 aromatic rings. The molecule has 0 aromatic heterocycles. The van der Waals surface area contributed by atoms with E-state index >= 15 is 0 Å². The number of hydrogen-bond acceptors (Lipinski definition) is 2. The molecule has 3 heteroatoms. The summed E-state index contributed by atoms with van der Waals surface area (Å²) in [7, 11) is 0. The minimum absolute atomic E-state index is 0.330. The van der Waals surface area contributed by atoms with Gasteiger partial charge in [-0.2, -0.15) is 0 Å². The fourth-order valence-corrected chi connectivity index (χ4v) is 2.75. The Bertz CT molecular complexity index is 383. The van der Waals surface area contributed by atoms with E-state index < -0.39 is 6.10 Å². The average Bonchev–Trinajstić information content (AvgIpc) is 2.37. The lowest BCUT2D eigenvalue weighted by Gasteiger charge is -2.28. The van der Waals surface area contributed by atoms with Gasteiger partial charge in [-0.15, -0.1) is 0 Å². The molecule has 0 bridgehead atoms. The van der Waals surface area contributed by atoms with E-state index in [0.717, 1.165) is 18.8 Å². The van der Waals surface area contributed by atoms with Crippen molar-refractivity contribution in [3.8, 4) is 0 Å². The summed E-state index contributed by atoms with van der Waals surface area (Å²) in [6, 6.07) is 6.90. The lowest BCUT2D eigenvalue weighted by Crippen LogP contribution is -2.36. The van der Waals surface area contributed by atoms with Crippen LogP contribution in [0.25, 0.3) is 0 Å². The standard InChI is InChI=1S/C15H22FNO/c1-11-5-4-6-12(9-11)17-10-15(18)13-7-2-3-8-14(13)16/h2-3,7-8,11-12,15,17-18H,4-6,9-10H2,1H3. The zero-order chi connectivity index (χ0) is 13.0. The maximum Gasteiger partial charge on any atom is 0.129 e. The summed E-state index contributed by atoms with van der Waals surface area (Å²) in [6.07, 6.45) is 4.10.